The van der Waals surface area contributed by atoms with Crippen LogP contribution in [0, 0.1) is 20.8 Å². The standard InChI is InChI=1S/C16H20BrN3/c1-5-9-18-16-14(17)12(4)19-15(20-16)13-8-6-7-10(2)11(13)3/h6-8H,5,9H2,1-4H3,(H,18,19,20). The third-order valence-corrected chi connectivity index (χ3v) is 4.35. The molecule has 2 rings (SSSR count). The van der Waals surface area contributed by atoms with Gasteiger partial charge in [0.15, 0.2) is 5.82 Å². The average molecular weight is 334 g/mol. The summed E-state index contributed by atoms with van der Waals surface area (Å²) in [7, 11) is 0. The molecular weight excluding hydrogens is 314 g/mol. The molecule has 20 heavy (non-hydrogen) atoms. The maximum atomic E-state index is 4.67. The fourth-order valence-corrected chi connectivity index (χ4v) is 2.35. The van der Waals surface area contributed by atoms with Crippen LogP contribution in [0.25, 0.3) is 11.4 Å². The Labute approximate surface area is 129 Å². The third kappa shape index (κ3) is 3.01. The van der Waals surface area contributed by atoms with Gasteiger partial charge in [0.2, 0.25) is 0 Å². The molecule has 1 N–H and O–H groups in total. The fraction of sp³-hybridized carbons (Fsp3) is 0.375. The van der Waals surface area contributed by atoms with Crippen molar-refractivity contribution in [1.82, 2.24) is 9.97 Å². The van der Waals surface area contributed by atoms with Crippen molar-refractivity contribution in [3.05, 3.63) is 39.5 Å². The van der Waals surface area contributed by atoms with Crippen LogP contribution >= 0.6 is 15.9 Å². The number of hydrogen-bond donors (Lipinski definition) is 1. The van der Waals surface area contributed by atoms with Crippen LogP contribution in [0.1, 0.15) is 30.2 Å². The highest BCUT2D eigenvalue weighted by Gasteiger charge is 2.12. The molecule has 0 amide bonds. The minimum atomic E-state index is 0.783. The lowest BCUT2D eigenvalue weighted by Crippen LogP contribution is -2.06. The molecule has 0 aliphatic heterocycles. The number of aryl methyl sites for hydroxylation is 2. The molecule has 1 aromatic carbocycles. The quantitative estimate of drug-likeness (QED) is 0.884. The minimum absolute atomic E-state index is 0.783. The summed E-state index contributed by atoms with van der Waals surface area (Å²) in [6, 6.07) is 6.24. The van der Waals surface area contributed by atoms with E-state index < -0.39 is 0 Å². The highest BCUT2D eigenvalue weighted by atomic mass is 79.9. The van der Waals surface area contributed by atoms with Crippen LogP contribution < -0.4 is 5.32 Å². The summed E-state index contributed by atoms with van der Waals surface area (Å²) in [6.45, 7) is 9.27. The Hall–Kier alpha value is -1.42. The topological polar surface area (TPSA) is 37.8 Å². The second-order valence-corrected chi connectivity index (χ2v) is 5.76. The monoisotopic (exact) mass is 333 g/mol. The molecule has 1 aromatic heterocycles. The van der Waals surface area contributed by atoms with Crippen LogP contribution in [-0.4, -0.2) is 16.5 Å². The van der Waals surface area contributed by atoms with Crippen LogP contribution in [0.3, 0.4) is 0 Å². The summed E-state index contributed by atoms with van der Waals surface area (Å²) in [6.07, 6.45) is 1.06. The molecule has 0 saturated heterocycles. The van der Waals surface area contributed by atoms with Gasteiger partial charge in [-0.25, -0.2) is 9.97 Å². The van der Waals surface area contributed by atoms with E-state index in [1.165, 1.54) is 11.1 Å². The molecule has 0 fully saturated rings. The first-order valence-corrected chi connectivity index (χ1v) is 7.68. The lowest BCUT2D eigenvalue weighted by Gasteiger charge is -2.13. The minimum Gasteiger partial charge on any atom is -0.369 e. The molecule has 1 heterocycles. The van der Waals surface area contributed by atoms with Gasteiger partial charge in [0.25, 0.3) is 0 Å². The summed E-state index contributed by atoms with van der Waals surface area (Å²) in [5.41, 5.74) is 4.54. The third-order valence-electron chi connectivity index (χ3n) is 3.40. The molecule has 2 aromatic rings. The van der Waals surface area contributed by atoms with Crippen LogP contribution in [0.2, 0.25) is 0 Å². The summed E-state index contributed by atoms with van der Waals surface area (Å²) in [5.74, 6) is 1.65. The zero-order valence-corrected chi connectivity index (χ0v) is 14.0. The van der Waals surface area contributed by atoms with Crippen molar-refractivity contribution in [3.63, 3.8) is 0 Å². The lowest BCUT2D eigenvalue weighted by molar-refractivity contribution is 0.958. The van der Waals surface area contributed by atoms with Crippen molar-refractivity contribution in [1.29, 1.82) is 0 Å². The van der Waals surface area contributed by atoms with Crippen molar-refractivity contribution < 1.29 is 0 Å². The first-order valence-electron chi connectivity index (χ1n) is 6.89. The van der Waals surface area contributed by atoms with Crippen LogP contribution in [0.5, 0.6) is 0 Å². The van der Waals surface area contributed by atoms with Gasteiger partial charge in [-0.3, -0.25) is 0 Å². The van der Waals surface area contributed by atoms with Crippen molar-refractivity contribution in [3.8, 4) is 11.4 Å². The van der Waals surface area contributed by atoms with E-state index >= 15 is 0 Å². The van der Waals surface area contributed by atoms with E-state index in [0.29, 0.717) is 0 Å². The molecule has 0 spiro atoms. The maximum absolute atomic E-state index is 4.67. The molecule has 0 saturated carbocycles. The van der Waals surface area contributed by atoms with Gasteiger partial charge in [0.05, 0.1) is 10.2 Å². The largest absolute Gasteiger partial charge is 0.369 e. The molecule has 106 valence electrons. The Kier molecular flexibility index (Phi) is 4.76. The van der Waals surface area contributed by atoms with Gasteiger partial charge in [-0.1, -0.05) is 25.1 Å². The first-order chi connectivity index (χ1) is 9.54. The fourth-order valence-electron chi connectivity index (χ4n) is 2.03. The van der Waals surface area contributed by atoms with E-state index in [0.717, 1.165) is 40.3 Å². The van der Waals surface area contributed by atoms with Gasteiger partial charge >= 0.3 is 0 Å². The van der Waals surface area contributed by atoms with Crippen molar-refractivity contribution in [2.45, 2.75) is 34.1 Å². The number of nitrogens with zero attached hydrogens (tertiary/aromatic N) is 2. The molecule has 0 bridgehead atoms. The lowest BCUT2D eigenvalue weighted by atomic mass is 10.0. The molecule has 0 aliphatic carbocycles. The smallest absolute Gasteiger partial charge is 0.162 e. The maximum Gasteiger partial charge on any atom is 0.162 e. The number of halogens is 1. The van der Waals surface area contributed by atoms with Gasteiger partial charge in [-0.2, -0.15) is 0 Å². The first kappa shape index (κ1) is 15.0. The second-order valence-electron chi connectivity index (χ2n) is 4.97. The number of aromatic nitrogens is 2. The van der Waals surface area contributed by atoms with E-state index in [1.54, 1.807) is 0 Å². The van der Waals surface area contributed by atoms with Crippen LogP contribution in [0.15, 0.2) is 22.7 Å². The number of benzene rings is 1. The Bertz CT molecular complexity index is 623. The zero-order chi connectivity index (χ0) is 14.7. The summed E-state index contributed by atoms with van der Waals surface area (Å²) < 4.78 is 0.944. The summed E-state index contributed by atoms with van der Waals surface area (Å²) in [4.78, 5) is 9.29. The molecule has 0 atom stereocenters. The molecule has 0 unspecified atom stereocenters. The Morgan fingerprint density at radius 1 is 1.15 bits per heavy atom. The summed E-state index contributed by atoms with van der Waals surface area (Å²) >= 11 is 3.56. The van der Waals surface area contributed by atoms with Crippen molar-refractivity contribution in [2.75, 3.05) is 11.9 Å². The van der Waals surface area contributed by atoms with E-state index in [1.807, 2.05) is 6.92 Å². The van der Waals surface area contributed by atoms with E-state index in [-0.39, 0.29) is 0 Å². The van der Waals surface area contributed by atoms with Gasteiger partial charge in [0, 0.05) is 12.1 Å². The van der Waals surface area contributed by atoms with Crippen LogP contribution in [-0.2, 0) is 0 Å². The predicted molar refractivity (Wildman–Crippen MR) is 88.2 cm³/mol. The van der Waals surface area contributed by atoms with Crippen molar-refractivity contribution in [2.24, 2.45) is 0 Å². The Morgan fingerprint density at radius 3 is 2.60 bits per heavy atom. The highest BCUT2D eigenvalue weighted by Crippen LogP contribution is 2.29. The number of hydrogen-bond acceptors (Lipinski definition) is 3. The van der Waals surface area contributed by atoms with Crippen LogP contribution in [0.4, 0.5) is 5.82 Å². The van der Waals surface area contributed by atoms with E-state index in [4.69, 9.17) is 0 Å². The Morgan fingerprint density at radius 2 is 1.90 bits per heavy atom. The molecule has 0 radical (unpaired) electrons. The number of rotatable bonds is 4. The van der Waals surface area contributed by atoms with Gasteiger partial charge in [-0.15, -0.1) is 0 Å². The molecule has 0 aliphatic rings. The Balaban J connectivity index is 2.52. The zero-order valence-electron chi connectivity index (χ0n) is 12.4. The normalized spacial score (nSPS) is 10.7. The van der Waals surface area contributed by atoms with E-state index in [9.17, 15) is 0 Å². The van der Waals surface area contributed by atoms with Gasteiger partial charge in [-0.05, 0) is 54.2 Å². The number of nitrogens with one attached hydrogen (secondary N) is 1. The van der Waals surface area contributed by atoms with Gasteiger partial charge in [0.1, 0.15) is 5.82 Å². The molecular formula is C16H20BrN3. The van der Waals surface area contributed by atoms with Crippen molar-refractivity contribution >= 4 is 21.7 Å². The molecule has 4 heteroatoms. The summed E-state index contributed by atoms with van der Waals surface area (Å²) in [5, 5.41) is 3.35. The predicted octanol–water partition coefficient (Wildman–Crippen LogP) is 4.65. The van der Waals surface area contributed by atoms with Gasteiger partial charge < -0.3 is 5.32 Å². The van der Waals surface area contributed by atoms with E-state index in [2.05, 4.69) is 70.2 Å². The molecule has 3 nitrogen and oxygen atoms in total. The number of anilines is 1. The second kappa shape index (κ2) is 6.35. The highest BCUT2D eigenvalue weighted by molar-refractivity contribution is 9.10. The SMILES string of the molecule is CCCNc1nc(-c2cccc(C)c2C)nc(C)c1Br. The average Bonchev–Trinajstić information content (AvgIpc) is 2.43.